The van der Waals surface area contributed by atoms with Crippen molar-refractivity contribution in [3.63, 3.8) is 0 Å². The molecule has 1 atom stereocenters. The summed E-state index contributed by atoms with van der Waals surface area (Å²) in [4.78, 5) is 10.6. The molecule has 6 heteroatoms. The highest BCUT2D eigenvalue weighted by atomic mass is 16.3. The third-order valence-electron chi connectivity index (χ3n) is 2.01. The first-order chi connectivity index (χ1) is 7.68. The Hall–Kier alpha value is -1.40. The molecule has 0 aliphatic rings. The fourth-order valence-electron chi connectivity index (χ4n) is 1.28. The average Bonchev–Trinajstić information content (AvgIpc) is 2.69. The molecule has 0 aliphatic heterocycles. The van der Waals surface area contributed by atoms with E-state index in [9.17, 15) is 9.90 Å². The number of aromatic nitrogens is 2. The highest BCUT2D eigenvalue weighted by molar-refractivity contribution is 5.72. The number of carbonyl (C=O) groups is 1. The SMILES string of the molecule is CC(=O)NCCNCC(O)Cn1cccn1. The standard InChI is InChI=1S/C10H18N4O2/c1-9(15)12-5-4-11-7-10(16)8-14-6-2-3-13-14/h2-3,6,10-11,16H,4-5,7-8H2,1H3,(H,12,15). The van der Waals surface area contributed by atoms with Gasteiger partial charge in [-0.05, 0) is 6.07 Å². The Morgan fingerprint density at radius 3 is 3.00 bits per heavy atom. The summed E-state index contributed by atoms with van der Waals surface area (Å²) in [5.41, 5.74) is 0. The molecular weight excluding hydrogens is 208 g/mol. The number of amides is 1. The molecule has 3 N–H and O–H groups in total. The van der Waals surface area contributed by atoms with Crippen molar-refractivity contribution in [1.29, 1.82) is 0 Å². The van der Waals surface area contributed by atoms with Crippen LogP contribution in [-0.2, 0) is 11.3 Å². The first kappa shape index (κ1) is 12.7. The molecule has 1 unspecified atom stereocenters. The summed E-state index contributed by atoms with van der Waals surface area (Å²) in [5.74, 6) is -0.0427. The Balaban J connectivity index is 2.02. The lowest BCUT2D eigenvalue weighted by atomic mass is 10.3. The van der Waals surface area contributed by atoms with Crippen LogP contribution in [0, 0.1) is 0 Å². The van der Waals surface area contributed by atoms with Gasteiger partial charge in [0.15, 0.2) is 0 Å². The quantitative estimate of drug-likeness (QED) is 0.519. The Morgan fingerprint density at radius 2 is 2.38 bits per heavy atom. The van der Waals surface area contributed by atoms with Crippen LogP contribution in [0.2, 0.25) is 0 Å². The van der Waals surface area contributed by atoms with Crippen molar-refractivity contribution in [3.05, 3.63) is 18.5 Å². The monoisotopic (exact) mass is 226 g/mol. The third kappa shape index (κ3) is 5.47. The fraction of sp³-hybridized carbons (Fsp3) is 0.600. The van der Waals surface area contributed by atoms with Crippen LogP contribution in [0.5, 0.6) is 0 Å². The van der Waals surface area contributed by atoms with Crippen LogP contribution in [-0.4, -0.2) is 46.5 Å². The van der Waals surface area contributed by atoms with Gasteiger partial charge in [-0.2, -0.15) is 5.10 Å². The first-order valence-electron chi connectivity index (χ1n) is 5.29. The van der Waals surface area contributed by atoms with E-state index >= 15 is 0 Å². The first-order valence-corrected chi connectivity index (χ1v) is 5.29. The van der Waals surface area contributed by atoms with Crippen molar-refractivity contribution in [1.82, 2.24) is 20.4 Å². The Labute approximate surface area is 94.6 Å². The maximum atomic E-state index is 10.6. The predicted octanol–water partition coefficient (Wildman–Crippen LogP) is -1.03. The van der Waals surface area contributed by atoms with E-state index in [1.54, 1.807) is 17.1 Å². The van der Waals surface area contributed by atoms with E-state index in [-0.39, 0.29) is 5.91 Å². The maximum Gasteiger partial charge on any atom is 0.216 e. The Bertz CT molecular complexity index is 300. The van der Waals surface area contributed by atoms with Crippen molar-refractivity contribution < 1.29 is 9.90 Å². The molecule has 0 saturated carbocycles. The summed E-state index contributed by atoms with van der Waals surface area (Å²) < 4.78 is 1.68. The minimum Gasteiger partial charge on any atom is -0.390 e. The lowest BCUT2D eigenvalue weighted by Gasteiger charge is -2.11. The van der Waals surface area contributed by atoms with Gasteiger partial charge in [0.25, 0.3) is 0 Å². The summed E-state index contributed by atoms with van der Waals surface area (Å²) in [6.07, 6.45) is 3.01. The molecule has 16 heavy (non-hydrogen) atoms. The third-order valence-corrected chi connectivity index (χ3v) is 2.01. The number of nitrogens with zero attached hydrogens (tertiary/aromatic N) is 2. The molecule has 0 fully saturated rings. The zero-order valence-corrected chi connectivity index (χ0v) is 9.39. The topological polar surface area (TPSA) is 79.2 Å². The van der Waals surface area contributed by atoms with Crippen LogP contribution in [0.15, 0.2) is 18.5 Å². The number of rotatable bonds is 7. The number of aliphatic hydroxyl groups is 1. The van der Waals surface area contributed by atoms with Crippen LogP contribution in [0.25, 0.3) is 0 Å². The van der Waals surface area contributed by atoms with Crippen molar-refractivity contribution in [2.75, 3.05) is 19.6 Å². The van der Waals surface area contributed by atoms with E-state index in [2.05, 4.69) is 15.7 Å². The van der Waals surface area contributed by atoms with E-state index in [1.807, 2.05) is 6.07 Å². The zero-order valence-electron chi connectivity index (χ0n) is 9.39. The molecule has 1 heterocycles. The van der Waals surface area contributed by atoms with Gasteiger partial charge in [-0.25, -0.2) is 0 Å². The molecule has 0 radical (unpaired) electrons. The van der Waals surface area contributed by atoms with Gasteiger partial charge >= 0.3 is 0 Å². The van der Waals surface area contributed by atoms with Gasteiger partial charge in [0.1, 0.15) is 0 Å². The van der Waals surface area contributed by atoms with E-state index < -0.39 is 6.10 Å². The Morgan fingerprint density at radius 1 is 1.56 bits per heavy atom. The van der Waals surface area contributed by atoms with Gasteiger partial charge in [-0.15, -0.1) is 0 Å². The second-order valence-electron chi connectivity index (χ2n) is 3.57. The largest absolute Gasteiger partial charge is 0.390 e. The van der Waals surface area contributed by atoms with Crippen LogP contribution in [0.3, 0.4) is 0 Å². The summed E-state index contributed by atoms with van der Waals surface area (Å²) in [6.45, 7) is 3.66. The van der Waals surface area contributed by atoms with E-state index in [4.69, 9.17) is 0 Å². The molecule has 1 amide bonds. The average molecular weight is 226 g/mol. The molecule has 0 spiro atoms. The van der Waals surface area contributed by atoms with E-state index in [1.165, 1.54) is 6.92 Å². The van der Waals surface area contributed by atoms with Crippen molar-refractivity contribution in [3.8, 4) is 0 Å². The smallest absolute Gasteiger partial charge is 0.216 e. The zero-order chi connectivity index (χ0) is 11.8. The lowest BCUT2D eigenvalue weighted by Crippen LogP contribution is -2.35. The van der Waals surface area contributed by atoms with Gasteiger partial charge in [0.05, 0.1) is 12.6 Å². The molecule has 0 aliphatic carbocycles. The van der Waals surface area contributed by atoms with Crippen molar-refractivity contribution >= 4 is 5.91 Å². The van der Waals surface area contributed by atoms with Gasteiger partial charge in [0.2, 0.25) is 5.91 Å². The van der Waals surface area contributed by atoms with Gasteiger partial charge in [0, 0.05) is 39.0 Å². The van der Waals surface area contributed by atoms with Gasteiger partial charge in [-0.1, -0.05) is 0 Å². The summed E-state index contributed by atoms with van der Waals surface area (Å²) in [7, 11) is 0. The summed E-state index contributed by atoms with van der Waals surface area (Å²) >= 11 is 0. The number of carbonyl (C=O) groups excluding carboxylic acids is 1. The normalized spacial score (nSPS) is 12.4. The van der Waals surface area contributed by atoms with E-state index in [0.717, 1.165) is 0 Å². The number of hydrogen-bond donors (Lipinski definition) is 3. The van der Waals surface area contributed by atoms with Crippen LogP contribution < -0.4 is 10.6 Å². The molecule has 1 aromatic heterocycles. The fourth-order valence-corrected chi connectivity index (χ4v) is 1.28. The molecule has 0 bridgehead atoms. The maximum absolute atomic E-state index is 10.6. The van der Waals surface area contributed by atoms with Crippen LogP contribution in [0.1, 0.15) is 6.92 Å². The number of hydrogen-bond acceptors (Lipinski definition) is 4. The predicted molar refractivity (Wildman–Crippen MR) is 59.8 cm³/mol. The molecule has 0 saturated heterocycles. The van der Waals surface area contributed by atoms with Crippen molar-refractivity contribution in [2.24, 2.45) is 0 Å². The molecule has 1 rings (SSSR count). The molecule has 6 nitrogen and oxygen atoms in total. The number of aliphatic hydroxyl groups excluding tert-OH is 1. The molecule has 0 aromatic carbocycles. The number of nitrogens with one attached hydrogen (secondary N) is 2. The summed E-state index contributed by atoms with van der Waals surface area (Å²) in [6, 6.07) is 1.82. The minimum atomic E-state index is -0.475. The second-order valence-corrected chi connectivity index (χ2v) is 3.57. The highest BCUT2D eigenvalue weighted by Crippen LogP contribution is 1.89. The lowest BCUT2D eigenvalue weighted by molar-refractivity contribution is -0.118. The Kier molecular flexibility index (Phi) is 5.52. The molecule has 90 valence electrons. The van der Waals surface area contributed by atoms with Crippen molar-refractivity contribution in [2.45, 2.75) is 19.6 Å². The van der Waals surface area contributed by atoms with Crippen LogP contribution in [0.4, 0.5) is 0 Å². The minimum absolute atomic E-state index is 0.0427. The van der Waals surface area contributed by atoms with Gasteiger partial charge < -0.3 is 15.7 Å². The van der Waals surface area contributed by atoms with E-state index in [0.29, 0.717) is 26.2 Å². The van der Waals surface area contributed by atoms with Crippen LogP contribution >= 0.6 is 0 Å². The second kappa shape index (κ2) is 6.97. The highest BCUT2D eigenvalue weighted by Gasteiger charge is 2.04. The molecule has 1 aromatic rings. The summed E-state index contributed by atoms with van der Waals surface area (Å²) in [5, 5.41) is 19.3. The van der Waals surface area contributed by atoms with Gasteiger partial charge in [-0.3, -0.25) is 9.48 Å². The molecular formula is C10H18N4O2.